The number of carbonyl (C=O) groups is 2. The van der Waals surface area contributed by atoms with Gasteiger partial charge in [0.1, 0.15) is 12.7 Å². The summed E-state index contributed by atoms with van der Waals surface area (Å²) in [6.45, 7) is 7.89. The van der Waals surface area contributed by atoms with Crippen LogP contribution in [0, 0.1) is 18.3 Å². The van der Waals surface area contributed by atoms with Gasteiger partial charge in [0.2, 0.25) is 0 Å². The molecule has 0 spiro atoms. The van der Waals surface area contributed by atoms with E-state index >= 15 is 0 Å². The van der Waals surface area contributed by atoms with E-state index < -0.39 is 12.1 Å². The maximum atomic E-state index is 13.2. The first-order valence-electron chi connectivity index (χ1n) is 12.7. The van der Waals surface area contributed by atoms with E-state index in [4.69, 9.17) is 26.2 Å². The molecular formula is C28H36ClNO6S. The highest BCUT2D eigenvalue weighted by Gasteiger charge is 2.34. The summed E-state index contributed by atoms with van der Waals surface area (Å²) in [6.07, 6.45) is 3.22. The fraction of sp³-hybridized carbons (Fsp3) is 0.571. The first-order chi connectivity index (χ1) is 17.5. The lowest BCUT2D eigenvalue weighted by atomic mass is 9.74. The van der Waals surface area contributed by atoms with Crippen LogP contribution in [-0.4, -0.2) is 66.3 Å². The number of halogens is 1. The molecule has 0 radical (unpaired) electrons. The van der Waals surface area contributed by atoms with Gasteiger partial charge in [0, 0.05) is 30.9 Å². The zero-order valence-electron chi connectivity index (χ0n) is 21.9. The number of Topliss-reactive ketones (excluding diaryl/α,β-unsaturated/α-hetero) is 1. The Hall–Kier alpha value is -2.13. The van der Waals surface area contributed by atoms with Crippen LogP contribution in [0.1, 0.15) is 57.9 Å². The van der Waals surface area contributed by atoms with Crippen molar-refractivity contribution in [3.8, 4) is 11.5 Å². The van der Waals surface area contributed by atoms with Crippen molar-refractivity contribution >= 4 is 34.7 Å². The highest BCUT2D eigenvalue weighted by atomic mass is 35.5. The summed E-state index contributed by atoms with van der Waals surface area (Å²) in [5, 5.41) is 19.6. The van der Waals surface area contributed by atoms with Crippen LogP contribution in [0.2, 0.25) is 5.02 Å². The van der Waals surface area contributed by atoms with E-state index in [2.05, 4.69) is 20.8 Å². The number of hydrogen-bond acceptors (Lipinski definition) is 7. The smallest absolute Gasteiger partial charge is 0.309 e. The number of β-amino-alcohol motifs (C(OH)–C–C–N with tert-alkyl or cyclic N) is 1. The number of aliphatic hydroxyl groups is 1. The summed E-state index contributed by atoms with van der Waals surface area (Å²) in [4.78, 5) is 28.2. The normalized spacial score (nSPS) is 18.1. The largest absolute Gasteiger partial charge is 0.493 e. The van der Waals surface area contributed by atoms with Gasteiger partial charge in [-0.05, 0) is 66.8 Å². The van der Waals surface area contributed by atoms with Gasteiger partial charge in [-0.1, -0.05) is 25.4 Å². The number of carboxylic acid groups (broad SMARTS) is 1. The van der Waals surface area contributed by atoms with Crippen LogP contribution < -0.4 is 9.47 Å². The summed E-state index contributed by atoms with van der Waals surface area (Å²) in [5.74, 6) is -0.221. The fourth-order valence-electron chi connectivity index (χ4n) is 5.21. The van der Waals surface area contributed by atoms with Crippen molar-refractivity contribution in [2.45, 2.75) is 59.0 Å². The van der Waals surface area contributed by atoms with E-state index in [0.717, 1.165) is 29.7 Å². The molecule has 1 aliphatic carbocycles. The van der Waals surface area contributed by atoms with Crippen molar-refractivity contribution in [3.05, 3.63) is 43.6 Å². The molecule has 37 heavy (non-hydrogen) atoms. The predicted octanol–water partition coefficient (Wildman–Crippen LogP) is 4.81. The van der Waals surface area contributed by atoms with E-state index in [1.54, 1.807) is 17.4 Å². The highest BCUT2D eigenvalue weighted by molar-refractivity contribution is 7.14. The first kappa shape index (κ1) is 27.9. The quantitative estimate of drug-likeness (QED) is 0.388. The molecule has 0 bridgehead atoms. The molecule has 202 valence electrons. The number of ether oxygens (including phenoxy) is 2. The molecule has 2 N–H and O–H groups in total. The van der Waals surface area contributed by atoms with E-state index in [9.17, 15) is 14.7 Å². The number of benzene rings is 1. The minimum atomic E-state index is -0.811. The molecule has 1 aromatic heterocycles. The molecule has 2 heterocycles. The van der Waals surface area contributed by atoms with Gasteiger partial charge in [0.15, 0.2) is 17.3 Å². The molecule has 1 atom stereocenters. The highest BCUT2D eigenvalue weighted by Crippen LogP contribution is 2.42. The number of aliphatic hydroxyl groups excluding tert-OH is 1. The van der Waals surface area contributed by atoms with Crippen LogP contribution in [0.5, 0.6) is 11.5 Å². The Morgan fingerprint density at radius 2 is 2.00 bits per heavy atom. The monoisotopic (exact) mass is 549 g/mol. The number of nitrogens with zero attached hydrogens (tertiary/aromatic N) is 1. The van der Waals surface area contributed by atoms with Gasteiger partial charge in [0.05, 0.1) is 22.9 Å². The summed E-state index contributed by atoms with van der Waals surface area (Å²) in [5.41, 5.74) is 3.78. The number of hydrogen-bond donors (Lipinski definition) is 2. The minimum absolute atomic E-state index is 0.00178. The van der Waals surface area contributed by atoms with E-state index in [1.165, 1.54) is 23.1 Å². The third-order valence-electron chi connectivity index (χ3n) is 7.40. The molecular weight excluding hydrogens is 514 g/mol. The second kappa shape index (κ2) is 11.3. The van der Waals surface area contributed by atoms with Crippen molar-refractivity contribution < 1.29 is 29.3 Å². The second-order valence-electron chi connectivity index (χ2n) is 11.0. The first-order valence-corrected chi connectivity index (χ1v) is 13.9. The standard InChI is InChI=1S/C28H36ClNO6S/c1-16-21-11-28(2,3)8-7-20(21)26(37-16)23(32)6-5-17-9-22(29)25(24(10-17)35-4)36-15-19(31)14-30-12-18(13-30)27(33)34/h9-10,18-19,31H,5-8,11-15H2,1-4H3,(H,33,34). The topological polar surface area (TPSA) is 96.3 Å². The van der Waals surface area contributed by atoms with Gasteiger partial charge in [-0.15, -0.1) is 11.3 Å². The van der Waals surface area contributed by atoms with Gasteiger partial charge in [0.25, 0.3) is 0 Å². The van der Waals surface area contributed by atoms with Crippen LogP contribution in [-0.2, 0) is 24.1 Å². The number of likely N-dealkylation sites (tertiary alicyclic amines) is 1. The maximum absolute atomic E-state index is 13.2. The van der Waals surface area contributed by atoms with Gasteiger partial charge >= 0.3 is 5.97 Å². The lowest BCUT2D eigenvalue weighted by molar-refractivity contribution is -0.148. The minimum Gasteiger partial charge on any atom is -0.493 e. The Balaban J connectivity index is 1.35. The number of ketones is 1. The average molecular weight is 550 g/mol. The Labute approximate surface area is 227 Å². The van der Waals surface area contributed by atoms with Gasteiger partial charge in [-0.3, -0.25) is 14.5 Å². The van der Waals surface area contributed by atoms with Crippen molar-refractivity contribution in [1.29, 1.82) is 0 Å². The van der Waals surface area contributed by atoms with Crippen LogP contribution in [0.15, 0.2) is 12.1 Å². The lowest BCUT2D eigenvalue weighted by Gasteiger charge is -2.37. The fourth-order valence-corrected chi connectivity index (χ4v) is 6.69. The number of rotatable bonds is 11. The lowest BCUT2D eigenvalue weighted by Crippen LogP contribution is -2.53. The molecule has 2 aromatic rings. The zero-order valence-corrected chi connectivity index (χ0v) is 23.5. The zero-order chi connectivity index (χ0) is 26.9. The number of aryl methyl sites for hydroxylation is 2. The molecule has 1 fully saturated rings. The number of methoxy groups -OCH3 is 1. The van der Waals surface area contributed by atoms with Gasteiger partial charge < -0.3 is 19.7 Å². The molecule has 1 unspecified atom stereocenters. The number of aliphatic carboxylic acids is 1. The van der Waals surface area contributed by atoms with E-state index in [1.807, 2.05) is 11.0 Å². The Bertz CT molecular complexity index is 1170. The summed E-state index contributed by atoms with van der Waals surface area (Å²) < 4.78 is 11.3. The van der Waals surface area contributed by atoms with Crippen LogP contribution in [0.25, 0.3) is 0 Å². The molecule has 0 saturated carbocycles. The maximum Gasteiger partial charge on any atom is 0.309 e. The third-order valence-corrected chi connectivity index (χ3v) is 8.92. The average Bonchev–Trinajstić information content (AvgIpc) is 3.12. The third kappa shape index (κ3) is 6.48. The van der Waals surface area contributed by atoms with Crippen molar-refractivity contribution in [2.75, 3.05) is 33.4 Å². The molecule has 1 aliphatic heterocycles. The van der Waals surface area contributed by atoms with E-state index in [-0.39, 0.29) is 23.7 Å². The van der Waals surface area contributed by atoms with E-state index in [0.29, 0.717) is 49.0 Å². The van der Waals surface area contributed by atoms with Crippen LogP contribution in [0.4, 0.5) is 0 Å². The van der Waals surface area contributed by atoms with Crippen molar-refractivity contribution in [3.63, 3.8) is 0 Å². The SMILES string of the molecule is COc1cc(CCC(=O)c2sc(C)c3c2CCC(C)(C)C3)cc(Cl)c1OCC(O)CN1CC(C(=O)O)C1. The van der Waals surface area contributed by atoms with Crippen molar-refractivity contribution in [1.82, 2.24) is 4.90 Å². The molecule has 1 aromatic carbocycles. The van der Waals surface area contributed by atoms with Crippen LogP contribution >= 0.6 is 22.9 Å². The summed E-state index contributed by atoms with van der Waals surface area (Å²) in [6, 6.07) is 3.61. The number of fused-ring (bicyclic) bond motifs is 1. The molecule has 2 aliphatic rings. The summed E-state index contributed by atoms with van der Waals surface area (Å²) in [7, 11) is 1.53. The Morgan fingerprint density at radius 3 is 2.68 bits per heavy atom. The number of carboxylic acids is 1. The number of carbonyl (C=O) groups excluding carboxylic acids is 1. The predicted molar refractivity (Wildman–Crippen MR) is 145 cm³/mol. The second-order valence-corrected chi connectivity index (χ2v) is 12.7. The molecule has 0 amide bonds. The molecule has 9 heteroatoms. The van der Waals surface area contributed by atoms with Crippen LogP contribution in [0.3, 0.4) is 0 Å². The van der Waals surface area contributed by atoms with Gasteiger partial charge in [-0.2, -0.15) is 0 Å². The Morgan fingerprint density at radius 1 is 1.27 bits per heavy atom. The molecule has 4 rings (SSSR count). The molecule has 1 saturated heterocycles. The van der Waals surface area contributed by atoms with Gasteiger partial charge in [-0.25, -0.2) is 0 Å². The molecule has 7 nitrogen and oxygen atoms in total. The number of thiophene rings is 1. The Kier molecular flexibility index (Phi) is 8.53. The van der Waals surface area contributed by atoms with Crippen molar-refractivity contribution in [2.24, 2.45) is 11.3 Å². The summed E-state index contributed by atoms with van der Waals surface area (Å²) >= 11 is 8.14.